The molecule has 3 aromatic rings. The standard InChI is InChI=1S/C34H43ClN6O6S/c1-9-19-15-34(19,31(44)46-8)39-29(42)26-13-21(16-41(26)30(43)28(40-35)33(4,5)6)47-27-14-24(25-17-48-32(38-25)36-18(2)3)37-23-12-20(45-7)10-11-22(23)27/h9-12,14,17-19,21,26,28,40H,1,13,15-16H2,2-8H3,(H,36,38)(H,39,42)/t19-,21-,26+,28-,34-/m1/s1. The number of nitrogens with one attached hydrogen (secondary N) is 3. The lowest BCUT2D eigenvalue weighted by Crippen LogP contribution is -2.57. The molecule has 1 aliphatic heterocycles. The molecule has 3 heterocycles. The zero-order valence-corrected chi connectivity index (χ0v) is 29.8. The van der Waals surface area contributed by atoms with Crippen LogP contribution in [-0.2, 0) is 19.1 Å². The molecule has 12 nitrogen and oxygen atoms in total. The fourth-order valence-electron chi connectivity index (χ4n) is 6.02. The molecule has 2 amide bonds. The molecule has 2 aromatic heterocycles. The van der Waals surface area contributed by atoms with Crippen molar-refractivity contribution in [1.82, 2.24) is 25.0 Å². The first-order valence-corrected chi connectivity index (χ1v) is 17.1. The SMILES string of the molecule is C=C[C@@H]1C[C@]1(NC(=O)[C@@H]1C[C@@H](Oc2cc(-c3csc(NC(C)C)n3)nc3cc(OC)ccc23)CN1C(=O)[C@@H](NCl)C(C)(C)C)C(=O)OC. The summed E-state index contributed by atoms with van der Waals surface area (Å²) in [5, 5.41) is 9.64. The number of amides is 2. The Kier molecular flexibility index (Phi) is 10.2. The Bertz CT molecular complexity index is 1710. The number of halogens is 1. The lowest BCUT2D eigenvalue weighted by Gasteiger charge is -2.34. The van der Waals surface area contributed by atoms with E-state index in [1.807, 2.05) is 64.3 Å². The van der Waals surface area contributed by atoms with Crippen molar-refractivity contribution in [1.29, 1.82) is 0 Å². The fraction of sp³-hybridized carbons (Fsp3) is 0.500. The number of ether oxygens (including phenoxy) is 3. The minimum atomic E-state index is -1.22. The smallest absolute Gasteiger partial charge is 0.332 e. The number of thiazole rings is 1. The van der Waals surface area contributed by atoms with Crippen LogP contribution in [0.25, 0.3) is 22.3 Å². The van der Waals surface area contributed by atoms with Crippen molar-refractivity contribution in [2.75, 3.05) is 26.1 Å². The normalized spacial score (nSPS) is 22.7. The van der Waals surface area contributed by atoms with Crippen LogP contribution in [0.5, 0.6) is 11.5 Å². The third kappa shape index (κ3) is 7.08. The van der Waals surface area contributed by atoms with Crippen molar-refractivity contribution in [3.63, 3.8) is 0 Å². The maximum atomic E-state index is 14.0. The molecule has 2 aliphatic rings. The van der Waals surface area contributed by atoms with E-state index >= 15 is 0 Å². The van der Waals surface area contributed by atoms with Crippen molar-refractivity contribution < 1.29 is 28.6 Å². The number of methoxy groups -OCH3 is 2. The van der Waals surface area contributed by atoms with Crippen LogP contribution in [0.2, 0.25) is 0 Å². The van der Waals surface area contributed by atoms with Crippen LogP contribution in [0.4, 0.5) is 5.13 Å². The highest BCUT2D eigenvalue weighted by Gasteiger charge is 2.62. The number of carbonyl (C=O) groups is 3. The summed E-state index contributed by atoms with van der Waals surface area (Å²) in [5.41, 5.74) is 0.122. The highest BCUT2D eigenvalue weighted by atomic mass is 35.5. The van der Waals surface area contributed by atoms with Crippen molar-refractivity contribution in [3.05, 3.63) is 42.3 Å². The van der Waals surface area contributed by atoms with E-state index in [1.165, 1.54) is 23.3 Å². The van der Waals surface area contributed by atoms with Gasteiger partial charge in [-0.2, -0.15) is 0 Å². The largest absolute Gasteiger partial charge is 0.497 e. The van der Waals surface area contributed by atoms with Crippen LogP contribution < -0.4 is 24.9 Å². The summed E-state index contributed by atoms with van der Waals surface area (Å²) >= 11 is 7.58. The number of carbonyl (C=O) groups excluding carboxylic acids is 3. The Hall–Kier alpha value is -3.94. The Morgan fingerprint density at radius 3 is 2.52 bits per heavy atom. The number of esters is 1. The molecule has 5 atom stereocenters. The van der Waals surface area contributed by atoms with Gasteiger partial charge in [-0.3, -0.25) is 9.59 Å². The zero-order valence-electron chi connectivity index (χ0n) is 28.3. The second-order valence-electron chi connectivity index (χ2n) is 13.6. The van der Waals surface area contributed by atoms with E-state index in [0.717, 1.165) is 10.5 Å². The van der Waals surface area contributed by atoms with E-state index in [1.54, 1.807) is 13.2 Å². The van der Waals surface area contributed by atoms with Crippen LogP contribution in [-0.4, -0.2) is 83.2 Å². The van der Waals surface area contributed by atoms with E-state index in [-0.39, 0.29) is 30.8 Å². The lowest BCUT2D eigenvalue weighted by atomic mass is 9.86. The van der Waals surface area contributed by atoms with Gasteiger partial charge in [0.05, 0.1) is 32.0 Å². The predicted octanol–water partition coefficient (Wildman–Crippen LogP) is 4.93. The van der Waals surface area contributed by atoms with E-state index in [9.17, 15) is 14.4 Å². The third-order valence-corrected chi connectivity index (χ3v) is 9.71. The van der Waals surface area contributed by atoms with Crippen molar-refractivity contribution in [2.45, 2.75) is 77.2 Å². The van der Waals surface area contributed by atoms with Gasteiger partial charge in [-0.05, 0) is 49.6 Å². The van der Waals surface area contributed by atoms with Crippen LogP contribution in [0.15, 0.2) is 42.3 Å². The number of rotatable bonds is 12. The number of likely N-dealkylation sites (tertiary alicyclic amines) is 1. The molecule has 0 spiro atoms. The quantitative estimate of drug-likeness (QED) is 0.135. The molecule has 14 heteroatoms. The molecule has 5 rings (SSSR count). The van der Waals surface area contributed by atoms with Gasteiger partial charge >= 0.3 is 5.97 Å². The lowest BCUT2D eigenvalue weighted by molar-refractivity contribution is -0.148. The van der Waals surface area contributed by atoms with Gasteiger partial charge in [0, 0.05) is 41.3 Å². The highest BCUT2D eigenvalue weighted by molar-refractivity contribution is 7.14. The van der Waals surface area contributed by atoms with Crippen LogP contribution in [0, 0.1) is 11.3 Å². The molecule has 0 radical (unpaired) electrons. The number of anilines is 1. The highest BCUT2D eigenvalue weighted by Crippen LogP contribution is 2.46. The first-order chi connectivity index (χ1) is 22.7. The Morgan fingerprint density at radius 2 is 1.92 bits per heavy atom. The van der Waals surface area contributed by atoms with Gasteiger partial charge in [0.2, 0.25) is 11.8 Å². The summed E-state index contributed by atoms with van der Waals surface area (Å²) < 4.78 is 17.1. The first kappa shape index (κ1) is 35.4. The minimum absolute atomic E-state index is 0.104. The topological polar surface area (TPSA) is 144 Å². The number of aromatic nitrogens is 2. The van der Waals surface area contributed by atoms with E-state index < -0.39 is 41.0 Å². The third-order valence-electron chi connectivity index (χ3n) is 8.72. The maximum absolute atomic E-state index is 14.0. The molecular weight excluding hydrogens is 656 g/mol. The molecular formula is C34H43ClN6O6S. The molecule has 3 N–H and O–H groups in total. The zero-order chi connectivity index (χ0) is 35.0. The molecule has 0 bridgehead atoms. The number of fused-ring (bicyclic) bond motifs is 1. The summed E-state index contributed by atoms with van der Waals surface area (Å²) in [6, 6.07) is 5.81. The van der Waals surface area contributed by atoms with E-state index in [4.69, 9.17) is 36.0 Å². The summed E-state index contributed by atoms with van der Waals surface area (Å²) in [6.45, 7) is 13.6. The van der Waals surface area contributed by atoms with Gasteiger partial charge < -0.3 is 29.7 Å². The first-order valence-electron chi connectivity index (χ1n) is 15.8. The molecule has 0 unspecified atom stereocenters. The maximum Gasteiger partial charge on any atom is 0.332 e. The number of hydrogen-bond donors (Lipinski definition) is 3. The average molecular weight is 699 g/mol. The summed E-state index contributed by atoms with van der Waals surface area (Å²) in [6.07, 6.45) is 1.57. The van der Waals surface area contributed by atoms with E-state index in [0.29, 0.717) is 34.8 Å². The molecule has 48 heavy (non-hydrogen) atoms. The molecule has 1 saturated heterocycles. The van der Waals surface area contributed by atoms with Gasteiger partial charge in [-0.15, -0.1) is 17.9 Å². The van der Waals surface area contributed by atoms with Gasteiger partial charge in [0.25, 0.3) is 0 Å². The van der Waals surface area contributed by atoms with Gasteiger partial charge in [0.1, 0.15) is 40.9 Å². The number of hydrogen-bond acceptors (Lipinski definition) is 11. The van der Waals surface area contributed by atoms with Crippen molar-refractivity contribution >= 4 is 56.9 Å². The minimum Gasteiger partial charge on any atom is -0.497 e. The van der Waals surface area contributed by atoms with Gasteiger partial charge in [0.15, 0.2) is 5.13 Å². The Morgan fingerprint density at radius 1 is 1.17 bits per heavy atom. The van der Waals surface area contributed by atoms with Crippen LogP contribution in [0.1, 0.15) is 47.5 Å². The number of benzene rings is 1. The second kappa shape index (κ2) is 13.9. The van der Waals surface area contributed by atoms with Gasteiger partial charge in [-0.1, -0.05) is 26.8 Å². The molecule has 1 aromatic carbocycles. The number of nitrogens with zero attached hydrogens (tertiary/aromatic N) is 3. The molecule has 1 aliphatic carbocycles. The van der Waals surface area contributed by atoms with Crippen molar-refractivity contribution in [2.24, 2.45) is 11.3 Å². The summed E-state index contributed by atoms with van der Waals surface area (Å²) in [7, 11) is 2.87. The summed E-state index contributed by atoms with van der Waals surface area (Å²) in [4.78, 5) is 54.4. The average Bonchev–Trinajstić information content (AvgIpc) is 3.32. The Balaban J connectivity index is 1.50. The van der Waals surface area contributed by atoms with Crippen molar-refractivity contribution in [3.8, 4) is 22.9 Å². The van der Waals surface area contributed by atoms with Gasteiger partial charge in [-0.25, -0.2) is 19.6 Å². The summed E-state index contributed by atoms with van der Waals surface area (Å²) in [5.74, 6) is -0.524. The van der Waals surface area contributed by atoms with Crippen LogP contribution in [0.3, 0.4) is 0 Å². The Labute approximate surface area is 289 Å². The molecule has 2 fully saturated rings. The molecule has 258 valence electrons. The fourth-order valence-corrected chi connectivity index (χ4v) is 7.30. The monoisotopic (exact) mass is 698 g/mol. The molecule has 1 saturated carbocycles. The second-order valence-corrected chi connectivity index (χ2v) is 14.7. The predicted molar refractivity (Wildman–Crippen MR) is 186 cm³/mol. The number of pyridine rings is 1. The van der Waals surface area contributed by atoms with Crippen LogP contribution >= 0.6 is 23.1 Å². The van der Waals surface area contributed by atoms with E-state index in [2.05, 4.69) is 22.0 Å².